The molecule has 0 aromatic carbocycles. The van der Waals surface area contributed by atoms with Crippen LogP contribution in [-0.4, -0.2) is 59.7 Å². The molecule has 3 rings (SSSR count). The van der Waals surface area contributed by atoms with Crippen molar-refractivity contribution < 1.29 is 4.74 Å². The lowest BCUT2D eigenvalue weighted by Crippen LogP contribution is -2.39. The van der Waals surface area contributed by atoms with E-state index in [4.69, 9.17) is 4.74 Å². The van der Waals surface area contributed by atoms with Gasteiger partial charge in [0.25, 0.3) is 0 Å². The van der Waals surface area contributed by atoms with E-state index in [2.05, 4.69) is 38.2 Å². The number of likely N-dealkylation sites (tertiary alicyclic amines) is 1. The second-order valence-electron chi connectivity index (χ2n) is 6.68. The number of hydrogen-bond donors (Lipinski definition) is 1. The molecular formula is C18H27N5O. The molecule has 1 saturated heterocycles. The van der Waals surface area contributed by atoms with E-state index >= 15 is 0 Å². The molecule has 0 aliphatic carbocycles. The summed E-state index contributed by atoms with van der Waals surface area (Å²) in [6.45, 7) is 9.15. The Morgan fingerprint density at radius 2 is 2.21 bits per heavy atom. The number of aryl methyl sites for hydroxylation is 2. The van der Waals surface area contributed by atoms with Crippen LogP contribution >= 0.6 is 0 Å². The Morgan fingerprint density at radius 1 is 1.33 bits per heavy atom. The first-order chi connectivity index (χ1) is 11.7. The summed E-state index contributed by atoms with van der Waals surface area (Å²) in [7, 11) is 1.77. The molecule has 130 valence electrons. The summed E-state index contributed by atoms with van der Waals surface area (Å²) in [5, 5.41) is 4.58. The van der Waals surface area contributed by atoms with Crippen molar-refractivity contribution >= 4 is 16.9 Å². The van der Waals surface area contributed by atoms with Crippen LogP contribution in [0.3, 0.4) is 0 Å². The molecule has 1 N–H and O–H groups in total. The highest BCUT2D eigenvalue weighted by Gasteiger charge is 2.20. The van der Waals surface area contributed by atoms with Crippen LogP contribution in [0, 0.1) is 19.8 Å². The Bertz CT molecular complexity index is 690. The molecule has 0 spiro atoms. The molecule has 0 saturated carbocycles. The van der Waals surface area contributed by atoms with Crippen molar-refractivity contribution in [2.75, 3.05) is 45.2 Å². The number of aromatic nitrogens is 3. The largest absolute Gasteiger partial charge is 0.383 e. The molecule has 1 aliphatic rings. The van der Waals surface area contributed by atoms with E-state index in [1.807, 2.05) is 6.92 Å². The van der Waals surface area contributed by atoms with Crippen molar-refractivity contribution in [2.45, 2.75) is 26.7 Å². The highest BCUT2D eigenvalue weighted by molar-refractivity contribution is 5.89. The van der Waals surface area contributed by atoms with Gasteiger partial charge in [-0.1, -0.05) is 0 Å². The number of hydrogen-bond acceptors (Lipinski definition) is 6. The third-order valence-corrected chi connectivity index (χ3v) is 4.70. The Labute approximate surface area is 143 Å². The lowest BCUT2D eigenvalue weighted by molar-refractivity contribution is 0.117. The van der Waals surface area contributed by atoms with Crippen molar-refractivity contribution in [1.82, 2.24) is 19.9 Å². The summed E-state index contributed by atoms with van der Waals surface area (Å²) in [6.07, 6.45) is 4.11. The predicted molar refractivity (Wildman–Crippen MR) is 96.3 cm³/mol. The number of pyridine rings is 1. The maximum atomic E-state index is 5.20. The zero-order valence-corrected chi connectivity index (χ0v) is 14.9. The molecule has 6 heteroatoms. The van der Waals surface area contributed by atoms with Gasteiger partial charge in [0, 0.05) is 32.4 Å². The molecule has 1 aliphatic heterocycles. The topological polar surface area (TPSA) is 63.2 Å². The second-order valence-corrected chi connectivity index (χ2v) is 6.68. The number of nitrogens with zero attached hydrogens (tertiary/aromatic N) is 4. The van der Waals surface area contributed by atoms with Crippen LogP contribution in [-0.2, 0) is 4.74 Å². The molecule has 6 nitrogen and oxygen atoms in total. The quantitative estimate of drug-likeness (QED) is 0.878. The maximum Gasteiger partial charge on any atom is 0.165 e. The van der Waals surface area contributed by atoms with E-state index < -0.39 is 0 Å². The summed E-state index contributed by atoms with van der Waals surface area (Å²) in [4.78, 5) is 15.8. The smallest absolute Gasteiger partial charge is 0.165 e. The van der Waals surface area contributed by atoms with E-state index in [9.17, 15) is 0 Å². The van der Waals surface area contributed by atoms with Crippen molar-refractivity contribution in [1.29, 1.82) is 0 Å². The van der Waals surface area contributed by atoms with Crippen molar-refractivity contribution in [3.8, 4) is 0 Å². The van der Waals surface area contributed by atoms with Gasteiger partial charge in [-0.2, -0.15) is 0 Å². The van der Waals surface area contributed by atoms with Crippen molar-refractivity contribution in [2.24, 2.45) is 5.92 Å². The van der Waals surface area contributed by atoms with E-state index in [0.717, 1.165) is 48.8 Å². The zero-order valence-electron chi connectivity index (χ0n) is 14.9. The van der Waals surface area contributed by atoms with E-state index in [1.54, 1.807) is 13.4 Å². The van der Waals surface area contributed by atoms with Crippen molar-refractivity contribution in [3.05, 3.63) is 23.7 Å². The lowest BCUT2D eigenvalue weighted by atomic mass is 9.98. The Balaban J connectivity index is 1.67. The number of nitrogens with one attached hydrogen (secondary N) is 1. The molecule has 0 amide bonds. The molecule has 1 fully saturated rings. The molecule has 24 heavy (non-hydrogen) atoms. The van der Waals surface area contributed by atoms with Gasteiger partial charge >= 0.3 is 0 Å². The maximum absolute atomic E-state index is 5.20. The van der Waals surface area contributed by atoms with Gasteiger partial charge in [0.2, 0.25) is 0 Å². The summed E-state index contributed by atoms with van der Waals surface area (Å²) < 4.78 is 5.20. The van der Waals surface area contributed by atoms with Crippen LogP contribution < -0.4 is 5.32 Å². The first kappa shape index (κ1) is 17.0. The first-order valence-corrected chi connectivity index (χ1v) is 8.71. The van der Waals surface area contributed by atoms with Crippen LogP contribution in [0.4, 0.5) is 5.82 Å². The first-order valence-electron chi connectivity index (χ1n) is 8.71. The fourth-order valence-electron chi connectivity index (χ4n) is 3.53. The van der Waals surface area contributed by atoms with Crippen LogP contribution in [0.2, 0.25) is 0 Å². The normalized spacial score (nSPS) is 18.9. The van der Waals surface area contributed by atoms with Crippen LogP contribution in [0.1, 0.15) is 24.1 Å². The van der Waals surface area contributed by atoms with Gasteiger partial charge in [-0.25, -0.2) is 15.0 Å². The van der Waals surface area contributed by atoms with Gasteiger partial charge in [-0.3, -0.25) is 0 Å². The molecule has 1 unspecified atom stereocenters. The minimum atomic E-state index is 0.638. The average Bonchev–Trinajstić information content (AvgIpc) is 2.58. The Kier molecular flexibility index (Phi) is 5.58. The number of methoxy groups -OCH3 is 1. The number of anilines is 1. The molecule has 0 bridgehead atoms. The van der Waals surface area contributed by atoms with E-state index in [1.165, 1.54) is 24.9 Å². The Morgan fingerprint density at radius 3 is 3.04 bits per heavy atom. The van der Waals surface area contributed by atoms with E-state index in [0.29, 0.717) is 5.92 Å². The van der Waals surface area contributed by atoms with Gasteiger partial charge in [-0.15, -0.1) is 0 Å². The SMILES string of the molecule is COCCN1CCCC(CNc2ncnc3nc(C)cc(C)c23)C1. The monoisotopic (exact) mass is 329 g/mol. The fourth-order valence-corrected chi connectivity index (χ4v) is 3.53. The van der Waals surface area contributed by atoms with E-state index in [-0.39, 0.29) is 0 Å². The zero-order chi connectivity index (χ0) is 16.9. The van der Waals surface area contributed by atoms with Crippen LogP contribution in [0.25, 0.3) is 11.0 Å². The molecule has 2 aromatic heterocycles. The van der Waals surface area contributed by atoms with Gasteiger partial charge in [-0.05, 0) is 50.8 Å². The highest BCUT2D eigenvalue weighted by Crippen LogP contribution is 2.24. The minimum Gasteiger partial charge on any atom is -0.383 e. The van der Waals surface area contributed by atoms with Gasteiger partial charge in [0.15, 0.2) is 5.65 Å². The molecule has 0 radical (unpaired) electrons. The average molecular weight is 329 g/mol. The second kappa shape index (κ2) is 7.85. The number of rotatable bonds is 6. The number of ether oxygens (including phenoxy) is 1. The molecular weight excluding hydrogens is 302 g/mol. The fraction of sp³-hybridized carbons (Fsp3) is 0.611. The lowest BCUT2D eigenvalue weighted by Gasteiger charge is -2.32. The van der Waals surface area contributed by atoms with Crippen molar-refractivity contribution in [3.63, 3.8) is 0 Å². The number of piperidine rings is 1. The standard InChI is InChI=1S/C18H27N5O/c1-13-9-14(2)22-18-16(13)17(20-12-21-18)19-10-15-5-4-6-23(11-15)7-8-24-3/h9,12,15H,4-8,10-11H2,1-3H3,(H,19,20,21,22). The summed E-state index contributed by atoms with van der Waals surface area (Å²) in [5.41, 5.74) is 2.94. The third kappa shape index (κ3) is 3.99. The Hall–Kier alpha value is -1.79. The van der Waals surface area contributed by atoms with Gasteiger partial charge < -0.3 is 15.0 Å². The van der Waals surface area contributed by atoms with Crippen LogP contribution in [0.15, 0.2) is 12.4 Å². The number of fused-ring (bicyclic) bond motifs is 1. The molecule has 3 heterocycles. The minimum absolute atomic E-state index is 0.638. The van der Waals surface area contributed by atoms with Gasteiger partial charge in [0.05, 0.1) is 12.0 Å². The summed E-state index contributed by atoms with van der Waals surface area (Å²) in [6, 6.07) is 2.09. The highest BCUT2D eigenvalue weighted by atomic mass is 16.5. The predicted octanol–water partition coefficient (Wildman–Crippen LogP) is 2.41. The van der Waals surface area contributed by atoms with Crippen LogP contribution in [0.5, 0.6) is 0 Å². The molecule has 1 atom stereocenters. The third-order valence-electron chi connectivity index (χ3n) is 4.70. The van der Waals surface area contributed by atoms with Gasteiger partial charge in [0.1, 0.15) is 12.1 Å². The molecule has 2 aromatic rings. The summed E-state index contributed by atoms with van der Waals surface area (Å²) in [5.74, 6) is 1.54. The summed E-state index contributed by atoms with van der Waals surface area (Å²) >= 11 is 0.